The number of carbonyl (C=O) groups excluding carboxylic acids is 1. The van der Waals surface area contributed by atoms with Crippen LogP contribution in [0.2, 0.25) is 0 Å². The summed E-state index contributed by atoms with van der Waals surface area (Å²) < 4.78 is 26.9. The van der Waals surface area contributed by atoms with Crippen LogP contribution in [0.4, 0.5) is 8.78 Å². The van der Waals surface area contributed by atoms with Crippen molar-refractivity contribution < 1.29 is 13.6 Å². The van der Waals surface area contributed by atoms with E-state index in [1.165, 1.54) is 13.0 Å². The zero-order chi connectivity index (χ0) is 14.0. The smallest absolute Gasteiger partial charge is 0.256 e. The minimum atomic E-state index is -0.787. The van der Waals surface area contributed by atoms with Crippen molar-refractivity contribution in [2.45, 2.75) is 13.3 Å². The molecule has 0 bridgehead atoms. The molecule has 0 saturated carbocycles. The Labute approximate surface area is 111 Å². The number of nitrogens with zero attached hydrogens (tertiary/aromatic N) is 1. The topological polar surface area (TPSA) is 32.3 Å². The highest BCUT2D eigenvalue weighted by Gasteiger charge is 2.28. The van der Waals surface area contributed by atoms with Gasteiger partial charge in [0.25, 0.3) is 5.91 Å². The van der Waals surface area contributed by atoms with Crippen LogP contribution in [0, 0.1) is 24.5 Å². The molecule has 0 aliphatic carbocycles. The maximum absolute atomic E-state index is 13.7. The van der Waals surface area contributed by atoms with Gasteiger partial charge < -0.3 is 10.2 Å². The molecule has 1 heterocycles. The van der Waals surface area contributed by atoms with Gasteiger partial charge in [-0.05, 0) is 44.5 Å². The Bertz CT molecular complexity index is 491. The van der Waals surface area contributed by atoms with Crippen LogP contribution in [0.5, 0.6) is 0 Å². The molecule has 0 aromatic heterocycles. The van der Waals surface area contributed by atoms with E-state index in [4.69, 9.17) is 0 Å². The van der Waals surface area contributed by atoms with Gasteiger partial charge in [0.2, 0.25) is 0 Å². The monoisotopic (exact) mass is 268 g/mol. The first-order valence-electron chi connectivity index (χ1n) is 6.42. The highest BCUT2D eigenvalue weighted by atomic mass is 19.1. The average Bonchev–Trinajstić information content (AvgIpc) is 2.82. The predicted molar refractivity (Wildman–Crippen MR) is 69.0 cm³/mol. The molecule has 1 aliphatic heterocycles. The highest BCUT2D eigenvalue weighted by molar-refractivity contribution is 5.94. The van der Waals surface area contributed by atoms with Crippen LogP contribution in [-0.2, 0) is 0 Å². The molecule has 104 valence electrons. The van der Waals surface area contributed by atoms with Crippen molar-refractivity contribution in [2.24, 2.45) is 5.92 Å². The van der Waals surface area contributed by atoms with Crippen molar-refractivity contribution >= 4 is 5.91 Å². The molecule has 0 radical (unpaired) electrons. The summed E-state index contributed by atoms with van der Waals surface area (Å²) in [6.07, 6.45) is 0.911. The third-order valence-corrected chi connectivity index (χ3v) is 3.54. The largest absolute Gasteiger partial charge is 0.338 e. The van der Waals surface area contributed by atoms with E-state index in [1.54, 1.807) is 4.90 Å². The minimum Gasteiger partial charge on any atom is -0.338 e. The van der Waals surface area contributed by atoms with Gasteiger partial charge in [-0.3, -0.25) is 4.79 Å². The molecule has 1 fully saturated rings. The molecule has 0 spiro atoms. The van der Waals surface area contributed by atoms with E-state index in [2.05, 4.69) is 5.32 Å². The summed E-state index contributed by atoms with van der Waals surface area (Å²) in [5.41, 5.74) is 0.250. The first-order chi connectivity index (χ1) is 9.02. The van der Waals surface area contributed by atoms with Crippen LogP contribution in [0.3, 0.4) is 0 Å². The lowest BCUT2D eigenvalue weighted by molar-refractivity contribution is 0.0782. The van der Waals surface area contributed by atoms with E-state index < -0.39 is 11.6 Å². The first kappa shape index (κ1) is 13.9. The Kier molecular flexibility index (Phi) is 4.14. The zero-order valence-corrected chi connectivity index (χ0v) is 11.2. The van der Waals surface area contributed by atoms with Crippen molar-refractivity contribution in [3.8, 4) is 0 Å². The lowest BCUT2D eigenvalue weighted by atomic mass is 10.1. The van der Waals surface area contributed by atoms with Crippen LogP contribution in [-0.4, -0.2) is 37.5 Å². The minimum absolute atomic E-state index is 0.0380. The molecule has 1 unspecified atom stereocenters. The zero-order valence-electron chi connectivity index (χ0n) is 11.2. The number of hydrogen-bond acceptors (Lipinski definition) is 2. The molecule has 3 nitrogen and oxygen atoms in total. The summed E-state index contributed by atoms with van der Waals surface area (Å²) in [6, 6.07) is 2.07. The third-order valence-electron chi connectivity index (χ3n) is 3.54. The van der Waals surface area contributed by atoms with E-state index in [9.17, 15) is 13.6 Å². The molecule has 5 heteroatoms. The Morgan fingerprint density at radius 2 is 2.16 bits per heavy atom. The van der Waals surface area contributed by atoms with Crippen molar-refractivity contribution in [2.75, 3.05) is 26.7 Å². The molecule has 1 atom stereocenters. The maximum Gasteiger partial charge on any atom is 0.256 e. The van der Waals surface area contributed by atoms with Gasteiger partial charge in [-0.1, -0.05) is 0 Å². The summed E-state index contributed by atoms with van der Waals surface area (Å²) in [7, 11) is 1.87. The summed E-state index contributed by atoms with van der Waals surface area (Å²) in [6.45, 7) is 3.62. The summed E-state index contributed by atoms with van der Waals surface area (Å²) in [5, 5.41) is 3.08. The van der Waals surface area contributed by atoms with Gasteiger partial charge in [-0.2, -0.15) is 0 Å². The number of rotatable bonds is 3. The second-order valence-electron chi connectivity index (χ2n) is 5.04. The molecule has 1 N–H and O–H groups in total. The number of aryl methyl sites for hydroxylation is 1. The third kappa shape index (κ3) is 2.92. The number of carbonyl (C=O) groups is 1. The molecular weight excluding hydrogens is 250 g/mol. The molecule has 19 heavy (non-hydrogen) atoms. The Hall–Kier alpha value is -1.49. The number of halogens is 2. The predicted octanol–water partition coefficient (Wildman–Crippen LogP) is 1.95. The molecular formula is C14H18F2N2O. The molecule has 1 aromatic rings. The molecule has 1 amide bonds. The van der Waals surface area contributed by atoms with Crippen molar-refractivity contribution in [3.05, 3.63) is 34.9 Å². The van der Waals surface area contributed by atoms with Crippen LogP contribution in [0.25, 0.3) is 0 Å². The SMILES string of the molecule is CNCC1CCN(C(=O)c2cc(C)c(F)cc2F)C1. The average molecular weight is 268 g/mol. The number of hydrogen-bond donors (Lipinski definition) is 1. The molecule has 1 aliphatic rings. The maximum atomic E-state index is 13.7. The van der Waals surface area contributed by atoms with Gasteiger partial charge >= 0.3 is 0 Å². The summed E-state index contributed by atoms with van der Waals surface area (Å²) >= 11 is 0. The Balaban J connectivity index is 2.15. The van der Waals surface area contributed by atoms with E-state index in [1.807, 2.05) is 7.05 Å². The summed E-state index contributed by atoms with van der Waals surface area (Å²) in [4.78, 5) is 13.9. The highest BCUT2D eigenvalue weighted by Crippen LogP contribution is 2.21. The van der Waals surface area contributed by atoms with Gasteiger partial charge in [0.05, 0.1) is 5.56 Å². The fourth-order valence-electron chi connectivity index (χ4n) is 2.46. The number of nitrogens with one attached hydrogen (secondary N) is 1. The number of likely N-dealkylation sites (tertiary alicyclic amines) is 1. The van der Waals surface area contributed by atoms with Crippen LogP contribution < -0.4 is 5.32 Å². The first-order valence-corrected chi connectivity index (χ1v) is 6.42. The second kappa shape index (κ2) is 5.65. The second-order valence-corrected chi connectivity index (χ2v) is 5.04. The van der Waals surface area contributed by atoms with Gasteiger partial charge in [-0.25, -0.2) is 8.78 Å². The van der Waals surface area contributed by atoms with Gasteiger partial charge in [0.1, 0.15) is 11.6 Å². The van der Waals surface area contributed by atoms with Crippen molar-refractivity contribution in [1.29, 1.82) is 0 Å². The van der Waals surface area contributed by atoms with E-state index in [0.717, 1.165) is 19.0 Å². The molecule has 1 aromatic carbocycles. The van der Waals surface area contributed by atoms with Crippen molar-refractivity contribution in [3.63, 3.8) is 0 Å². The van der Waals surface area contributed by atoms with E-state index in [-0.39, 0.29) is 17.0 Å². The van der Waals surface area contributed by atoms with Crippen LogP contribution >= 0.6 is 0 Å². The van der Waals surface area contributed by atoms with E-state index in [0.29, 0.717) is 19.0 Å². The van der Waals surface area contributed by atoms with Crippen LogP contribution in [0.15, 0.2) is 12.1 Å². The Morgan fingerprint density at radius 3 is 2.84 bits per heavy atom. The van der Waals surface area contributed by atoms with Gasteiger partial charge in [-0.15, -0.1) is 0 Å². The Morgan fingerprint density at radius 1 is 1.42 bits per heavy atom. The normalized spacial score (nSPS) is 18.9. The summed E-state index contributed by atoms with van der Waals surface area (Å²) in [5.74, 6) is -1.36. The quantitative estimate of drug-likeness (QED) is 0.909. The molecule has 2 rings (SSSR count). The van der Waals surface area contributed by atoms with E-state index >= 15 is 0 Å². The van der Waals surface area contributed by atoms with Gasteiger partial charge in [0.15, 0.2) is 0 Å². The number of amides is 1. The van der Waals surface area contributed by atoms with Crippen LogP contribution in [0.1, 0.15) is 22.3 Å². The van der Waals surface area contributed by atoms with Gasteiger partial charge in [0, 0.05) is 19.2 Å². The fourth-order valence-corrected chi connectivity index (χ4v) is 2.46. The lowest BCUT2D eigenvalue weighted by Crippen LogP contribution is -2.31. The standard InChI is InChI=1S/C14H18F2N2O/c1-9-5-11(13(16)6-12(9)15)14(19)18-4-3-10(8-18)7-17-2/h5-6,10,17H,3-4,7-8H2,1-2H3. The lowest BCUT2D eigenvalue weighted by Gasteiger charge is -2.17. The molecule has 1 saturated heterocycles. The fraction of sp³-hybridized carbons (Fsp3) is 0.500. The van der Waals surface area contributed by atoms with Crippen molar-refractivity contribution in [1.82, 2.24) is 10.2 Å². The number of benzene rings is 1.